The van der Waals surface area contributed by atoms with E-state index < -0.39 is 23.5 Å². The Morgan fingerprint density at radius 3 is 2.00 bits per heavy atom. The zero-order valence-electron chi connectivity index (χ0n) is 8.02. The number of hydrogen-bond acceptors (Lipinski definition) is 1. The van der Waals surface area contributed by atoms with E-state index in [9.17, 15) is 13.2 Å². The van der Waals surface area contributed by atoms with Crippen molar-refractivity contribution >= 4 is 0 Å². The van der Waals surface area contributed by atoms with Crippen LogP contribution in [-0.2, 0) is 0 Å². The molecular formula is C10H12F3N. The van der Waals surface area contributed by atoms with Crippen LogP contribution >= 0.6 is 0 Å². The predicted molar refractivity (Wildman–Crippen MR) is 48.1 cm³/mol. The fourth-order valence-electron chi connectivity index (χ4n) is 1.15. The van der Waals surface area contributed by atoms with Gasteiger partial charge in [-0.3, -0.25) is 0 Å². The normalized spacial score (nSPS) is 13.4. The Balaban J connectivity index is 3.15. The van der Waals surface area contributed by atoms with Crippen molar-refractivity contribution in [2.24, 2.45) is 11.7 Å². The van der Waals surface area contributed by atoms with Gasteiger partial charge in [-0.1, -0.05) is 13.8 Å². The molecule has 0 fully saturated rings. The first-order valence-corrected chi connectivity index (χ1v) is 4.33. The lowest BCUT2D eigenvalue weighted by molar-refractivity contribution is 0.457. The molecule has 0 aliphatic rings. The van der Waals surface area contributed by atoms with Crippen LogP contribution in [0.4, 0.5) is 13.2 Å². The molecule has 0 spiro atoms. The molecule has 0 saturated heterocycles. The van der Waals surface area contributed by atoms with Gasteiger partial charge in [0.1, 0.15) is 5.82 Å². The van der Waals surface area contributed by atoms with E-state index in [0.29, 0.717) is 6.07 Å². The van der Waals surface area contributed by atoms with Gasteiger partial charge >= 0.3 is 0 Å². The van der Waals surface area contributed by atoms with Crippen molar-refractivity contribution in [3.8, 4) is 0 Å². The molecule has 0 radical (unpaired) electrons. The van der Waals surface area contributed by atoms with E-state index in [-0.39, 0.29) is 11.5 Å². The summed E-state index contributed by atoms with van der Waals surface area (Å²) < 4.78 is 38.5. The molecule has 0 aliphatic carbocycles. The van der Waals surface area contributed by atoms with Crippen LogP contribution in [0, 0.1) is 23.4 Å². The largest absolute Gasteiger partial charge is 0.324 e. The molecule has 0 amide bonds. The lowest BCUT2D eigenvalue weighted by atomic mass is 9.96. The fourth-order valence-corrected chi connectivity index (χ4v) is 1.15. The maximum absolute atomic E-state index is 13.2. The summed E-state index contributed by atoms with van der Waals surface area (Å²) in [6.07, 6.45) is 0. The van der Waals surface area contributed by atoms with Gasteiger partial charge in [0.15, 0.2) is 11.6 Å². The third-order valence-electron chi connectivity index (χ3n) is 2.12. The van der Waals surface area contributed by atoms with Crippen LogP contribution in [-0.4, -0.2) is 0 Å². The van der Waals surface area contributed by atoms with E-state index in [1.165, 1.54) is 0 Å². The number of halogens is 3. The Labute approximate surface area is 80.7 Å². The molecule has 1 aromatic carbocycles. The van der Waals surface area contributed by atoms with Crippen molar-refractivity contribution in [3.63, 3.8) is 0 Å². The van der Waals surface area contributed by atoms with Crippen LogP contribution in [0.15, 0.2) is 12.1 Å². The maximum atomic E-state index is 13.2. The molecule has 2 N–H and O–H groups in total. The Bertz CT molecular complexity index is 336. The highest BCUT2D eigenvalue weighted by Gasteiger charge is 2.17. The summed E-state index contributed by atoms with van der Waals surface area (Å²) >= 11 is 0. The zero-order valence-corrected chi connectivity index (χ0v) is 8.02. The van der Waals surface area contributed by atoms with Gasteiger partial charge in [-0.25, -0.2) is 13.2 Å². The van der Waals surface area contributed by atoms with Crippen molar-refractivity contribution < 1.29 is 13.2 Å². The first-order valence-electron chi connectivity index (χ1n) is 4.33. The van der Waals surface area contributed by atoms with Gasteiger partial charge in [-0.05, 0) is 12.0 Å². The summed E-state index contributed by atoms with van der Waals surface area (Å²) in [5.41, 5.74) is 5.64. The molecular weight excluding hydrogens is 191 g/mol. The standard InChI is InChI=1S/C10H12F3N/c1-5(2)10(14)6-3-8(12)9(13)4-7(6)11/h3-5,10H,14H2,1-2H3/t10-/m0/s1. The topological polar surface area (TPSA) is 26.0 Å². The second-order valence-corrected chi connectivity index (χ2v) is 3.56. The molecule has 0 heterocycles. The second kappa shape index (κ2) is 4.00. The Kier molecular flexibility index (Phi) is 3.16. The van der Waals surface area contributed by atoms with Gasteiger partial charge in [0.05, 0.1) is 0 Å². The third-order valence-corrected chi connectivity index (χ3v) is 2.12. The van der Waals surface area contributed by atoms with Gasteiger partial charge in [0.25, 0.3) is 0 Å². The second-order valence-electron chi connectivity index (χ2n) is 3.56. The number of nitrogens with two attached hydrogens (primary N) is 1. The molecule has 1 atom stereocenters. The molecule has 0 aromatic heterocycles. The molecule has 4 heteroatoms. The minimum absolute atomic E-state index is 0.0129. The summed E-state index contributed by atoms with van der Waals surface area (Å²) in [4.78, 5) is 0. The smallest absolute Gasteiger partial charge is 0.161 e. The fraction of sp³-hybridized carbons (Fsp3) is 0.400. The molecule has 0 aliphatic heterocycles. The molecule has 78 valence electrons. The van der Waals surface area contributed by atoms with Crippen molar-refractivity contribution in [3.05, 3.63) is 35.1 Å². The minimum Gasteiger partial charge on any atom is -0.324 e. The highest BCUT2D eigenvalue weighted by Crippen LogP contribution is 2.23. The summed E-state index contributed by atoms with van der Waals surface area (Å²) in [5, 5.41) is 0. The van der Waals surface area contributed by atoms with Gasteiger partial charge in [0.2, 0.25) is 0 Å². The molecule has 14 heavy (non-hydrogen) atoms. The Hall–Kier alpha value is -1.03. The van der Waals surface area contributed by atoms with Crippen LogP contribution in [0.2, 0.25) is 0 Å². The van der Waals surface area contributed by atoms with E-state index in [4.69, 9.17) is 5.73 Å². The first-order chi connectivity index (χ1) is 6.43. The van der Waals surface area contributed by atoms with Crippen LogP contribution in [0.3, 0.4) is 0 Å². The molecule has 1 rings (SSSR count). The predicted octanol–water partition coefficient (Wildman–Crippen LogP) is 2.76. The summed E-state index contributed by atoms with van der Waals surface area (Å²) in [7, 11) is 0. The summed E-state index contributed by atoms with van der Waals surface area (Å²) in [5.74, 6) is -3.10. The summed E-state index contributed by atoms with van der Waals surface area (Å²) in [6.45, 7) is 3.57. The molecule has 0 bridgehead atoms. The van der Waals surface area contributed by atoms with E-state index in [0.717, 1.165) is 6.07 Å². The molecule has 0 unspecified atom stereocenters. The highest BCUT2D eigenvalue weighted by atomic mass is 19.2. The number of rotatable bonds is 2. The van der Waals surface area contributed by atoms with E-state index in [1.54, 1.807) is 13.8 Å². The zero-order chi connectivity index (χ0) is 10.9. The minimum atomic E-state index is -1.19. The van der Waals surface area contributed by atoms with Crippen LogP contribution in [0.1, 0.15) is 25.5 Å². The molecule has 1 nitrogen and oxygen atoms in total. The average Bonchev–Trinajstić information content (AvgIpc) is 2.10. The van der Waals surface area contributed by atoms with Crippen LogP contribution in [0.5, 0.6) is 0 Å². The SMILES string of the molecule is CC(C)[C@H](N)c1cc(F)c(F)cc1F. The number of hydrogen-bond donors (Lipinski definition) is 1. The van der Waals surface area contributed by atoms with Crippen molar-refractivity contribution in [1.82, 2.24) is 0 Å². The van der Waals surface area contributed by atoms with E-state index in [1.807, 2.05) is 0 Å². The number of benzene rings is 1. The van der Waals surface area contributed by atoms with Crippen LogP contribution < -0.4 is 5.73 Å². The van der Waals surface area contributed by atoms with Crippen LogP contribution in [0.25, 0.3) is 0 Å². The Morgan fingerprint density at radius 1 is 1.00 bits per heavy atom. The average molecular weight is 203 g/mol. The molecule has 0 saturated carbocycles. The Morgan fingerprint density at radius 2 is 1.50 bits per heavy atom. The molecule has 1 aromatic rings. The quantitative estimate of drug-likeness (QED) is 0.735. The van der Waals surface area contributed by atoms with Gasteiger partial charge < -0.3 is 5.73 Å². The monoisotopic (exact) mass is 203 g/mol. The highest BCUT2D eigenvalue weighted by molar-refractivity contribution is 5.23. The summed E-state index contributed by atoms with van der Waals surface area (Å²) in [6, 6.07) is 0.715. The van der Waals surface area contributed by atoms with E-state index >= 15 is 0 Å². The van der Waals surface area contributed by atoms with Gasteiger partial charge in [-0.2, -0.15) is 0 Å². The maximum Gasteiger partial charge on any atom is 0.161 e. The van der Waals surface area contributed by atoms with E-state index in [2.05, 4.69) is 0 Å². The lowest BCUT2D eigenvalue weighted by Crippen LogP contribution is -2.18. The van der Waals surface area contributed by atoms with Crippen molar-refractivity contribution in [2.75, 3.05) is 0 Å². The van der Waals surface area contributed by atoms with Gasteiger partial charge in [0, 0.05) is 17.7 Å². The third kappa shape index (κ3) is 2.07. The van der Waals surface area contributed by atoms with Gasteiger partial charge in [-0.15, -0.1) is 0 Å². The first kappa shape index (κ1) is 11.0. The van der Waals surface area contributed by atoms with Crippen molar-refractivity contribution in [1.29, 1.82) is 0 Å². The lowest BCUT2D eigenvalue weighted by Gasteiger charge is -2.16. The van der Waals surface area contributed by atoms with Crippen molar-refractivity contribution in [2.45, 2.75) is 19.9 Å².